The summed E-state index contributed by atoms with van der Waals surface area (Å²) in [6.07, 6.45) is 1.20. The van der Waals surface area contributed by atoms with Crippen LogP contribution in [0.3, 0.4) is 0 Å². The van der Waals surface area contributed by atoms with Gasteiger partial charge < -0.3 is 19.8 Å². The minimum atomic E-state index is -3.82. The Bertz CT molecular complexity index is 1080. The third kappa shape index (κ3) is 4.19. The number of piperidine rings is 1. The van der Waals surface area contributed by atoms with E-state index in [1.807, 2.05) is 13.0 Å². The highest BCUT2D eigenvalue weighted by Crippen LogP contribution is 2.32. The van der Waals surface area contributed by atoms with Gasteiger partial charge in [0.1, 0.15) is 17.3 Å². The van der Waals surface area contributed by atoms with Crippen LogP contribution in [0.5, 0.6) is 5.75 Å². The highest BCUT2D eigenvalue weighted by Gasteiger charge is 2.34. The number of anilines is 1. The minimum absolute atomic E-state index is 0.0548. The van der Waals surface area contributed by atoms with Crippen molar-refractivity contribution < 1.29 is 27.2 Å². The van der Waals surface area contributed by atoms with E-state index in [9.17, 15) is 18.0 Å². The van der Waals surface area contributed by atoms with E-state index >= 15 is 0 Å². The van der Waals surface area contributed by atoms with Crippen LogP contribution in [0.2, 0.25) is 0 Å². The molecule has 9 nitrogen and oxygen atoms in total. The van der Waals surface area contributed by atoms with Crippen molar-refractivity contribution >= 4 is 27.5 Å². The summed E-state index contributed by atoms with van der Waals surface area (Å²) in [5.74, 6) is 0.872. The van der Waals surface area contributed by atoms with Gasteiger partial charge in [-0.05, 0) is 50.1 Å². The average Bonchev–Trinajstić information content (AvgIpc) is 3.16. The van der Waals surface area contributed by atoms with Crippen LogP contribution in [0, 0.1) is 12.8 Å². The molecule has 0 bridgehead atoms. The summed E-state index contributed by atoms with van der Waals surface area (Å²) in [7, 11) is -3.82. The summed E-state index contributed by atoms with van der Waals surface area (Å²) in [4.78, 5) is 24.2. The topological polar surface area (TPSA) is 118 Å². The normalized spacial score (nSPS) is 19.5. The number of carbonyl (C=O) groups excluding carboxylic acids is 2. The lowest BCUT2D eigenvalue weighted by Gasteiger charge is -2.31. The van der Waals surface area contributed by atoms with E-state index in [2.05, 4.69) is 10.6 Å². The van der Waals surface area contributed by atoms with Crippen LogP contribution in [0.4, 0.5) is 5.69 Å². The first kappa shape index (κ1) is 20.4. The zero-order chi connectivity index (χ0) is 21.3. The molecule has 1 aromatic heterocycles. The van der Waals surface area contributed by atoms with Gasteiger partial charge in [0.2, 0.25) is 15.9 Å². The number of aryl methyl sites for hydroxylation is 1. The fourth-order valence-corrected chi connectivity index (χ4v) is 5.20. The highest BCUT2D eigenvalue weighted by molar-refractivity contribution is 7.89. The van der Waals surface area contributed by atoms with Gasteiger partial charge in [0, 0.05) is 13.1 Å². The second-order valence-electron chi connectivity index (χ2n) is 7.43. The Hall–Kier alpha value is -2.85. The van der Waals surface area contributed by atoms with Crippen molar-refractivity contribution in [3.05, 3.63) is 41.9 Å². The molecule has 2 N–H and O–H groups in total. The predicted molar refractivity (Wildman–Crippen MR) is 107 cm³/mol. The number of carbonyl (C=O) groups is 2. The van der Waals surface area contributed by atoms with Crippen molar-refractivity contribution in [3.8, 4) is 5.75 Å². The first-order chi connectivity index (χ1) is 14.3. The smallest absolute Gasteiger partial charge is 0.262 e. The average molecular weight is 433 g/mol. The van der Waals surface area contributed by atoms with Crippen molar-refractivity contribution in [1.29, 1.82) is 0 Å². The van der Waals surface area contributed by atoms with E-state index < -0.39 is 15.9 Å². The number of hydrogen-bond donors (Lipinski definition) is 2. The molecule has 160 valence electrons. The number of nitrogens with one attached hydrogen (secondary N) is 2. The van der Waals surface area contributed by atoms with Gasteiger partial charge >= 0.3 is 0 Å². The summed E-state index contributed by atoms with van der Waals surface area (Å²) in [5.41, 5.74) is 0.326. The summed E-state index contributed by atoms with van der Waals surface area (Å²) in [6.45, 7) is 2.43. The molecule has 10 heteroatoms. The molecule has 2 aliphatic rings. The lowest BCUT2D eigenvalue weighted by Crippen LogP contribution is -2.45. The Balaban J connectivity index is 1.45. The molecule has 0 aliphatic carbocycles. The number of benzene rings is 1. The lowest BCUT2D eigenvalue weighted by molar-refractivity contribution is -0.126. The molecule has 1 aromatic carbocycles. The quantitative estimate of drug-likeness (QED) is 0.740. The van der Waals surface area contributed by atoms with Crippen LogP contribution < -0.4 is 15.4 Å². The van der Waals surface area contributed by atoms with Gasteiger partial charge in [-0.1, -0.05) is 0 Å². The molecular formula is C20H23N3O6S. The summed E-state index contributed by atoms with van der Waals surface area (Å²) < 4.78 is 38.3. The van der Waals surface area contributed by atoms with Crippen molar-refractivity contribution in [2.24, 2.45) is 5.92 Å². The Morgan fingerprint density at radius 1 is 1.30 bits per heavy atom. The summed E-state index contributed by atoms with van der Waals surface area (Å²) in [5, 5.41) is 5.44. The zero-order valence-corrected chi connectivity index (χ0v) is 17.3. The minimum Gasteiger partial charge on any atom is -0.482 e. The van der Waals surface area contributed by atoms with E-state index in [1.54, 1.807) is 6.07 Å². The summed E-state index contributed by atoms with van der Waals surface area (Å²) >= 11 is 0. The number of sulfonamides is 1. The standard InChI is InChI=1S/C20H23N3O6S/c1-13-4-5-15(29-13)10-21-20(25)14-3-2-8-23(11-14)30(26,27)16-6-7-18-17(9-16)22-19(24)12-28-18/h4-7,9,14H,2-3,8,10-12H2,1H3,(H,21,25)(H,22,24)/t14-/m0/s1. The Kier molecular flexibility index (Phi) is 5.52. The van der Waals surface area contributed by atoms with Crippen LogP contribution in [0.25, 0.3) is 0 Å². The highest BCUT2D eigenvalue weighted by atomic mass is 32.2. The third-order valence-corrected chi connectivity index (χ3v) is 7.07. The molecule has 4 rings (SSSR count). The first-order valence-corrected chi connectivity index (χ1v) is 11.2. The molecule has 2 aromatic rings. The molecule has 2 amide bonds. The SMILES string of the molecule is Cc1ccc(CNC(=O)[C@H]2CCCN(S(=O)(=O)c3ccc4c(c3)NC(=O)CO4)C2)o1. The van der Waals surface area contributed by atoms with Crippen LogP contribution in [0.1, 0.15) is 24.4 Å². The second-order valence-corrected chi connectivity index (χ2v) is 9.37. The van der Waals surface area contributed by atoms with Gasteiger partial charge in [-0.25, -0.2) is 8.42 Å². The lowest BCUT2D eigenvalue weighted by atomic mass is 9.99. The van der Waals surface area contributed by atoms with Crippen LogP contribution in [0.15, 0.2) is 39.6 Å². The number of furan rings is 1. The van der Waals surface area contributed by atoms with Gasteiger partial charge in [-0.2, -0.15) is 4.31 Å². The van der Waals surface area contributed by atoms with Gasteiger partial charge in [-0.15, -0.1) is 0 Å². The molecule has 1 atom stereocenters. The maximum absolute atomic E-state index is 13.1. The molecule has 0 unspecified atom stereocenters. The number of rotatable bonds is 5. The van der Waals surface area contributed by atoms with Crippen molar-refractivity contribution in [3.63, 3.8) is 0 Å². The van der Waals surface area contributed by atoms with E-state index in [0.717, 1.165) is 5.76 Å². The van der Waals surface area contributed by atoms with Crippen molar-refractivity contribution in [1.82, 2.24) is 9.62 Å². The molecule has 30 heavy (non-hydrogen) atoms. The number of amides is 2. The molecule has 0 spiro atoms. The first-order valence-electron chi connectivity index (χ1n) is 9.73. The molecule has 1 saturated heterocycles. The van der Waals surface area contributed by atoms with Gasteiger partial charge in [0.15, 0.2) is 6.61 Å². The fraction of sp³-hybridized carbons (Fsp3) is 0.400. The maximum Gasteiger partial charge on any atom is 0.262 e. The van der Waals surface area contributed by atoms with E-state index in [4.69, 9.17) is 9.15 Å². The molecule has 1 fully saturated rings. The van der Waals surface area contributed by atoms with Crippen LogP contribution in [-0.4, -0.2) is 44.2 Å². The zero-order valence-electron chi connectivity index (χ0n) is 16.5. The predicted octanol–water partition coefficient (Wildman–Crippen LogP) is 1.64. The molecule has 2 aliphatic heterocycles. The van der Waals surface area contributed by atoms with Crippen molar-refractivity contribution in [2.75, 3.05) is 25.0 Å². The maximum atomic E-state index is 13.1. The molecular weight excluding hydrogens is 410 g/mol. The summed E-state index contributed by atoms with van der Waals surface area (Å²) in [6, 6.07) is 7.99. The fourth-order valence-electron chi connectivity index (χ4n) is 3.65. The van der Waals surface area contributed by atoms with Gasteiger partial charge in [0.25, 0.3) is 5.91 Å². The van der Waals surface area contributed by atoms with Gasteiger partial charge in [0.05, 0.1) is 23.0 Å². The Morgan fingerprint density at radius 3 is 2.90 bits per heavy atom. The van der Waals surface area contributed by atoms with E-state index in [1.165, 1.54) is 22.5 Å². The number of hydrogen-bond acceptors (Lipinski definition) is 6. The number of nitrogens with zero attached hydrogens (tertiary/aromatic N) is 1. The third-order valence-electron chi connectivity index (χ3n) is 5.21. The van der Waals surface area contributed by atoms with Crippen LogP contribution in [-0.2, 0) is 26.2 Å². The Labute approximate surface area is 174 Å². The molecule has 0 saturated carbocycles. The Morgan fingerprint density at radius 2 is 2.13 bits per heavy atom. The van der Waals surface area contributed by atoms with Crippen molar-refractivity contribution in [2.45, 2.75) is 31.2 Å². The monoisotopic (exact) mass is 433 g/mol. The molecule has 3 heterocycles. The van der Waals surface area contributed by atoms with Crippen LogP contribution >= 0.6 is 0 Å². The largest absolute Gasteiger partial charge is 0.482 e. The number of fused-ring (bicyclic) bond motifs is 1. The van der Waals surface area contributed by atoms with Gasteiger partial charge in [-0.3, -0.25) is 9.59 Å². The van der Waals surface area contributed by atoms with E-state index in [0.29, 0.717) is 36.6 Å². The van der Waals surface area contributed by atoms with E-state index in [-0.39, 0.29) is 36.4 Å². The molecule has 0 radical (unpaired) electrons. The second kappa shape index (κ2) is 8.11. The number of ether oxygens (including phenoxy) is 1.